The van der Waals surface area contributed by atoms with Crippen LogP contribution in [0.3, 0.4) is 0 Å². The molecule has 108 valence electrons. The summed E-state index contributed by atoms with van der Waals surface area (Å²) in [5.41, 5.74) is 0.998. The van der Waals surface area contributed by atoms with Crippen molar-refractivity contribution in [2.24, 2.45) is 0 Å². The molecule has 4 nitrogen and oxygen atoms in total. The second-order valence-electron chi connectivity index (χ2n) is 4.15. The summed E-state index contributed by atoms with van der Waals surface area (Å²) < 4.78 is 0. The number of amides is 1. The van der Waals surface area contributed by atoms with E-state index in [1.54, 1.807) is 29.3 Å². The number of nitrogens with zero attached hydrogens (tertiary/aromatic N) is 3. The maximum absolute atomic E-state index is 12.6. The van der Waals surface area contributed by atoms with Crippen molar-refractivity contribution in [2.75, 3.05) is 17.0 Å². The minimum absolute atomic E-state index is 0.189. The molecule has 0 atom stereocenters. The fourth-order valence-electron chi connectivity index (χ4n) is 1.95. The Hall–Kier alpha value is -0.950. The average molecular weight is 358 g/mol. The Balaban J connectivity index is 2.03. The van der Waals surface area contributed by atoms with E-state index < -0.39 is 0 Å². The van der Waals surface area contributed by atoms with Crippen LogP contribution in [-0.4, -0.2) is 28.0 Å². The predicted octanol–water partition coefficient (Wildman–Crippen LogP) is 4.22. The summed E-state index contributed by atoms with van der Waals surface area (Å²) in [6.45, 7) is 0. The molecule has 0 saturated heterocycles. The first-order valence-electron chi connectivity index (χ1n) is 5.91. The zero-order chi connectivity index (χ0) is 15.0. The lowest BCUT2D eigenvalue weighted by molar-refractivity contribution is 0.0985. The van der Waals surface area contributed by atoms with Gasteiger partial charge in [-0.1, -0.05) is 52.8 Å². The smallest absolute Gasteiger partial charge is 0.263 e. The average Bonchev–Trinajstić information content (AvgIpc) is 2.49. The fourth-order valence-corrected chi connectivity index (χ4v) is 3.89. The van der Waals surface area contributed by atoms with Crippen LogP contribution < -0.4 is 4.90 Å². The third-order valence-electron chi connectivity index (χ3n) is 2.93. The summed E-state index contributed by atoms with van der Waals surface area (Å²) in [6.07, 6.45) is 3.45. The number of benzene rings is 1. The molecule has 8 heteroatoms. The number of hydrogen-bond donors (Lipinski definition) is 0. The van der Waals surface area contributed by atoms with Crippen molar-refractivity contribution in [3.05, 3.63) is 40.0 Å². The van der Waals surface area contributed by atoms with E-state index in [2.05, 4.69) is 9.97 Å². The molecule has 0 bridgehead atoms. The minimum Gasteiger partial charge on any atom is -0.295 e. The number of hydrogen-bond acceptors (Lipinski definition) is 5. The lowest BCUT2D eigenvalue weighted by Gasteiger charge is -2.28. The van der Waals surface area contributed by atoms with Crippen molar-refractivity contribution >= 4 is 58.3 Å². The van der Waals surface area contributed by atoms with Crippen molar-refractivity contribution in [1.82, 2.24) is 9.97 Å². The van der Waals surface area contributed by atoms with Gasteiger partial charge in [0.25, 0.3) is 5.91 Å². The minimum atomic E-state index is -0.189. The van der Waals surface area contributed by atoms with Crippen molar-refractivity contribution in [2.45, 2.75) is 10.2 Å². The topological polar surface area (TPSA) is 46.1 Å². The van der Waals surface area contributed by atoms with Crippen LogP contribution in [-0.2, 0) is 0 Å². The van der Waals surface area contributed by atoms with Crippen LogP contribution in [0, 0.1) is 0 Å². The monoisotopic (exact) mass is 357 g/mol. The van der Waals surface area contributed by atoms with E-state index in [9.17, 15) is 4.79 Å². The molecule has 3 rings (SSSR count). The number of rotatable bonds is 2. The molecule has 1 aliphatic rings. The van der Waals surface area contributed by atoms with Crippen LogP contribution in [0.15, 0.2) is 34.6 Å². The molecule has 0 saturated carbocycles. The van der Waals surface area contributed by atoms with E-state index in [4.69, 9.17) is 23.2 Å². The summed E-state index contributed by atoms with van der Waals surface area (Å²) >= 11 is 15.3. The molecular weight excluding hydrogens is 349 g/mol. The van der Waals surface area contributed by atoms with Gasteiger partial charge in [0, 0.05) is 6.20 Å². The van der Waals surface area contributed by atoms with E-state index in [1.807, 2.05) is 6.26 Å². The van der Waals surface area contributed by atoms with Gasteiger partial charge in [-0.25, -0.2) is 9.97 Å². The van der Waals surface area contributed by atoms with Crippen LogP contribution in [0.4, 0.5) is 5.69 Å². The Labute approximate surface area is 140 Å². The van der Waals surface area contributed by atoms with Gasteiger partial charge in [-0.2, -0.15) is 0 Å². The van der Waals surface area contributed by atoms with Crippen molar-refractivity contribution in [3.63, 3.8) is 0 Å². The van der Waals surface area contributed by atoms with Gasteiger partial charge in [-0.3, -0.25) is 9.69 Å². The molecule has 1 aromatic carbocycles. The van der Waals surface area contributed by atoms with Gasteiger partial charge in [-0.15, -0.1) is 0 Å². The van der Waals surface area contributed by atoms with Crippen molar-refractivity contribution in [3.8, 4) is 0 Å². The largest absolute Gasteiger partial charge is 0.295 e. The van der Waals surface area contributed by atoms with E-state index >= 15 is 0 Å². The Kier molecular flexibility index (Phi) is 4.31. The van der Waals surface area contributed by atoms with Crippen LogP contribution in [0.25, 0.3) is 0 Å². The number of aromatic nitrogens is 2. The van der Waals surface area contributed by atoms with Gasteiger partial charge in [0.1, 0.15) is 5.03 Å². The van der Waals surface area contributed by atoms with Crippen LogP contribution in [0.2, 0.25) is 10.0 Å². The Bertz CT molecular complexity index is 706. The summed E-state index contributed by atoms with van der Waals surface area (Å²) in [5.74, 6) is 0.228. The first-order chi connectivity index (χ1) is 10.1. The molecule has 2 heterocycles. The molecule has 1 aliphatic heterocycles. The Morgan fingerprint density at radius 1 is 1.33 bits per heavy atom. The molecule has 2 aromatic rings. The van der Waals surface area contributed by atoms with Gasteiger partial charge in [0.05, 0.1) is 27.2 Å². The highest BCUT2D eigenvalue weighted by Gasteiger charge is 2.30. The number of fused-ring (bicyclic) bond motifs is 1. The second kappa shape index (κ2) is 6.04. The first-order valence-corrected chi connectivity index (χ1v) is 8.88. The normalized spacial score (nSPS) is 14.2. The molecular formula is C13H9Cl2N3OS2. The molecule has 0 spiro atoms. The zero-order valence-corrected chi connectivity index (χ0v) is 14.0. The highest BCUT2D eigenvalue weighted by atomic mass is 35.5. The van der Waals surface area contributed by atoms with Crippen LogP contribution in [0.1, 0.15) is 10.4 Å². The number of thioether (sulfide) groups is 2. The first kappa shape index (κ1) is 15.0. The maximum atomic E-state index is 12.6. The molecule has 1 amide bonds. The quantitative estimate of drug-likeness (QED) is 0.457. The fraction of sp³-hybridized carbons (Fsp3) is 0.154. The Morgan fingerprint density at radius 2 is 2.05 bits per heavy atom. The lowest BCUT2D eigenvalue weighted by atomic mass is 10.2. The number of halogens is 2. The van der Waals surface area contributed by atoms with E-state index in [0.717, 1.165) is 0 Å². The highest BCUT2D eigenvalue weighted by molar-refractivity contribution is 7.99. The Morgan fingerprint density at radius 3 is 2.71 bits per heavy atom. The van der Waals surface area contributed by atoms with E-state index in [-0.39, 0.29) is 5.91 Å². The maximum Gasteiger partial charge on any atom is 0.263 e. The standard InChI is InChI=1S/C13H9Cl2N3OS2/c1-20-13-16-5-7-11(17-13)21-6-18(12(7)19)10-8(14)3-2-4-9(10)15/h2-5H,6H2,1H3. The predicted molar refractivity (Wildman–Crippen MR) is 87.8 cm³/mol. The molecule has 0 unspecified atom stereocenters. The molecule has 1 aromatic heterocycles. The summed E-state index contributed by atoms with van der Waals surface area (Å²) in [4.78, 5) is 22.7. The van der Waals surface area contributed by atoms with E-state index in [1.165, 1.54) is 23.5 Å². The number of anilines is 1. The second-order valence-corrected chi connectivity index (χ2v) is 6.67. The molecule has 21 heavy (non-hydrogen) atoms. The summed E-state index contributed by atoms with van der Waals surface area (Å²) in [7, 11) is 0. The number of para-hydroxylation sites is 1. The van der Waals surface area contributed by atoms with Crippen molar-refractivity contribution in [1.29, 1.82) is 0 Å². The highest BCUT2D eigenvalue weighted by Crippen LogP contribution is 2.39. The molecule has 0 fully saturated rings. The van der Waals surface area contributed by atoms with Gasteiger partial charge >= 0.3 is 0 Å². The third-order valence-corrected chi connectivity index (χ3v) is 5.07. The van der Waals surface area contributed by atoms with Gasteiger partial charge in [0.15, 0.2) is 5.16 Å². The molecule has 0 N–H and O–H groups in total. The molecule has 0 aliphatic carbocycles. The van der Waals surface area contributed by atoms with Crippen LogP contribution in [0.5, 0.6) is 0 Å². The van der Waals surface area contributed by atoms with Gasteiger partial charge in [0.2, 0.25) is 0 Å². The number of carbonyl (C=O) groups excluding carboxylic acids is 1. The number of carbonyl (C=O) groups is 1. The molecule has 0 radical (unpaired) electrons. The zero-order valence-electron chi connectivity index (χ0n) is 10.8. The van der Waals surface area contributed by atoms with E-state index in [0.29, 0.717) is 37.4 Å². The lowest BCUT2D eigenvalue weighted by Crippen LogP contribution is -2.35. The SMILES string of the molecule is CSc1ncc2c(n1)SCN(c1c(Cl)cccc1Cl)C2=O. The summed E-state index contributed by atoms with van der Waals surface area (Å²) in [5, 5.41) is 2.24. The third kappa shape index (κ3) is 2.73. The van der Waals surface area contributed by atoms with Crippen LogP contribution >= 0.6 is 46.7 Å². The van der Waals surface area contributed by atoms with Crippen molar-refractivity contribution < 1.29 is 4.79 Å². The van der Waals surface area contributed by atoms with Gasteiger partial charge < -0.3 is 0 Å². The summed E-state index contributed by atoms with van der Waals surface area (Å²) in [6, 6.07) is 5.17. The van der Waals surface area contributed by atoms with Gasteiger partial charge in [-0.05, 0) is 18.4 Å².